The summed E-state index contributed by atoms with van der Waals surface area (Å²) < 4.78 is 27.8. The molecule has 0 heterocycles. The SMILES string of the molecule is O=C(CCc1ccccc1)Nc1cc(S(=O)(=O)Nc2ccc(Cl)cc2)ccc1Cl. The molecule has 1 amide bonds. The fourth-order valence-electron chi connectivity index (χ4n) is 2.61. The highest BCUT2D eigenvalue weighted by molar-refractivity contribution is 7.92. The van der Waals surface area contributed by atoms with Crippen LogP contribution in [-0.2, 0) is 21.2 Å². The minimum atomic E-state index is -3.86. The van der Waals surface area contributed by atoms with Crippen molar-refractivity contribution in [1.29, 1.82) is 0 Å². The van der Waals surface area contributed by atoms with Crippen LogP contribution in [-0.4, -0.2) is 14.3 Å². The van der Waals surface area contributed by atoms with E-state index in [2.05, 4.69) is 10.0 Å². The second-order valence-corrected chi connectivity index (χ2v) is 8.81. The maximum Gasteiger partial charge on any atom is 0.261 e. The van der Waals surface area contributed by atoms with Crippen molar-refractivity contribution < 1.29 is 13.2 Å². The largest absolute Gasteiger partial charge is 0.325 e. The van der Waals surface area contributed by atoms with Crippen LogP contribution in [0.2, 0.25) is 10.0 Å². The fourth-order valence-corrected chi connectivity index (χ4v) is 3.99. The number of anilines is 2. The number of carbonyl (C=O) groups excluding carboxylic acids is 1. The maximum atomic E-state index is 12.6. The zero-order valence-corrected chi connectivity index (χ0v) is 17.6. The third-order valence-electron chi connectivity index (χ3n) is 4.10. The van der Waals surface area contributed by atoms with Crippen molar-refractivity contribution in [3.63, 3.8) is 0 Å². The molecule has 0 saturated heterocycles. The molecular formula is C21H18Cl2N2O3S. The lowest BCUT2D eigenvalue weighted by Gasteiger charge is -2.12. The Balaban J connectivity index is 1.71. The number of amides is 1. The van der Waals surface area contributed by atoms with Crippen molar-refractivity contribution in [1.82, 2.24) is 0 Å². The molecule has 0 bridgehead atoms. The molecule has 2 N–H and O–H groups in total. The van der Waals surface area contributed by atoms with Crippen LogP contribution in [0.15, 0.2) is 77.7 Å². The van der Waals surface area contributed by atoms with Crippen molar-refractivity contribution in [2.45, 2.75) is 17.7 Å². The van der Waals surface area contributed by atoms with E-state index in [0.717, 1.165) is 5.56 Å². The van der Waals surface area contributed by atoms with E-state index in [4.69, 9.17) is 23.2 Å². The van der Waals surface area contributed by atoms with Crippen molar-refractivity contribution in [2.24, 2.45) is 0 Å². The maximum absolute atomic E-state index is 12.6. The van der Waals surface area contributed by atoms with E-state index >= 15 is 0 Å². The average molecular weight is 449 g/mol. The Morgan fingerprint density at radius 3 is 2.28 bits per heavy atom. The Morgan fingerprint density at radius 1 is 0.897 bits per heavy atom. The monoisotopic (exact) mass is 448 g/mol. The van der Waals surface area contributed by atoms with Crippen LogP contribution in [0.25, 0.3) is 0 Å². The molecule has 3 aromatic carbocycles. The molecule has 0 aromatic heterocycles. The Bertz CT molecular complexity index is 1100. The Kier molecular flexibility index (Phi) is 6.79. The molecule has 0 atom stereocenters. The molecule has 0 aliphatic rings. The van der Waals surface area contributed by atoms with Gasteiger partial charge < -0.3 is 5.32 Å². The number of rotatable bonds is 7. The third kappa shape index (κ3) is 5.97. The molecule has 3 aromatic rings. The van der Waals surface area contributed by atoms with Gasteiger partial charge in [-0.3, -0.25) is 9.52 Å². The first-order valence-corrected chi connectivity index (χ1v) is 11.0. The molecule has 0 fully saturated rings. The molecule has 3 rings (SSSR count). The van der Waals surface area contributed by atoms with Gasteiger partial charge in [0.25, 0.3) is 10.0 Å². The summed E-state index contributed by atoms with van der Waals surface area (Å²) in [5.41, 5.74) is 1.65. The molecule has 8 heteroatoms. The topological polar surface area (TPSA) is 75.3 Å². The quantitative estimate of drug-likeness (QED) is 0.510. The van der Waals surface area contributed by atoms with Gasteiger partial charge in [-0.1, -0.05) is 53.5 Å². The van der Waals surface area contributed by atoms with Gasteiger partial charge in [-0.25, -0.2) is 8.42 Å². The van der Waals surface area contributed by atoms with Crippen molar-refractivity contribution >= 4 is 50.5 Å². The number of carbonyl (C=O) groups is 1. The summed E-state index contributed by atoms with van der Waals surface area (Å²) in [6.45, 7) is 0. The van der Waals surface area contributed by atoms with Gasteiger partial charge in [-0.05, 0) is 54.4 Å². The average Bonchev–Trinajstić information content (AvgIpc) is 2.70. The number of hydrogen-bond acceptors (Lipinski definition) is 3. The fraction of sp³-hybridized carbons (Fsp3) is 0.0952. The minimum Gasteiger partial charge on any atom is -0.325 e. The number of aryl methyl sites for hydroxylation is 1. The van der Waals surface area contributed by atoms with Gasteiger partial charge in [0, 0.05) is 17.1 Å². The predicted octanol–water partition coefficient (Wildman–Crippen LogP) is 5.37. The number of hydrogen-bond donors (Lipinski definition) is 2. The van der Waals surface area contributed by atoms with Gasteiger partial charge in [-0.2, -0.15) is 0 Å². The predicted molar refractivity (Wildman–Crippen MR) is 117 cm³/mol. The van der Waals surface area contributed by atoms with Crippen molar-refractivity contribution in [3.05, 3.63) is 88.4 Å². The van der Waals surface area contributed by atoms with E-state index in [1.165, 1.54) is 18.2 Å². The summed E-state index contributed by atoms with van der Waals surface area (Å²) >= 11 is 12.0. The van der Waals surface area contributed by atoms with Crippen LogP contribution in [0.4, 0.5) is 11.4 Å². The summed E-state index contributed by atoms with van der Waals surface area (Å²) in [6, 6.07) is 20.0. The molecule has 0 aliphatic carbocycles. The van der Waals surface area contributed by atoms with Gasteiger partial charge >= 0.3 is 0 Å². The lowest BCUT2D eigenvalue weighted by atomic mass is 10.1. The number of benzene rings is 3. The van der Waals surface area contributed by atoms with Crippen LogP contribution in [0.3, 0.4) is 0 Å². The second kappa shape index (κ2) is 9.31. The van der Waals surface area contributed by atoms with E-state index in [1.54, 1.807) is 24.3 Å². The van der Waals surface area contributed by atoms with Crippen LogP contribution in [0, 0.1) is 0 Å². The van der Waals surface area contributed by atoms with Crippen LogP contribution in [0.5, 0.6) is 0 Å². The second-order valence-electron chi connectivity index (χ2n) is 6.29. The molecule has 29 heavy (non-hydrogen) atoms. The first kappa shape index (κ1) is 21.2. The standard InChI is InChI=1S/C21H18Cl2N2O3S/c22-16-7-9-17(10-8-16)25-29(27,28)18-11-12-19(23)20(14-18)24-21(26)13-6-15-4-2-1-3-5-15/h1-5,7-12,14,25H,6,13H2,(H,24,26). The number of halogens is 2. The highest BCUT2D eigenvalue weighted by atomic mass is 35.5. The highest BCUT2D eigenvalue weighted by Crippen LogP contribution is 2.27. The van der Waals surface area contributed by atoms with Crippen LogP contribution < -0.4 is 10.0 Å². The Labute approximate surface area is 179 Å². The normalized spacial score (nSPS) is 11.1. The van der Waals surface area contributed by atoms with Crippen molar-refractivity contribution in [2.75, 3.05) is 10.0 Å². The zero-order valence-electron chi connectivity index (χ0n) is 15.2. The van der Waals surface area contributed by atoms with Crippen LogP contribution in [0.1, 0.15) is 12.0 Å². The lowest BCUT2D eigenvalue weighted by molar-refractivity contribution is -0.116. The first-order chi connectivity index (χ1) is 13.8. The van der Waals surface area contributed by atoms with E-state index in [9.17, 15) is 13.2 Å². The molecule has 5 nitrogen and oxygen atoms in total. The van der Waals surface area contributed by atoms with Gasteiger partial charge in [0.05, 0.1) is 15.6 Å². The zero-order chi connectivity index (χ0) is 20.9. The summed E-state index contributed by atoms with van der Waals surface area (Å²) in [7, 11) is -3.86. The summed E-state index contributed by atoms with van der Waals surface area (Å²) in [4.78, 5) is 12.3. The minimum absolute atomic E-state index is 0.0183. The molecule has 150 valence electrons. The Hall–Kier alpha value is -2.54. The smallest absolute Gasteiger partial charge is 0.261 e. The van der Waals surface area contributed by atoms with E-state index in [-0.39, 0.29) is 27.9 Å². The lowest BCUT2D eigenvalue weighted by Crippen LogP contribution is -2.15. The van der Waals surface area contributed by atoms with Crippen molar-refractivity contribution in [3.8, 4) is 0 Å². The molecule has 0 aliphatic heterocycles. The first-order valence-electron chi connectivity index (χ1n) is 8.75. The van der Waals surface area contributed by atoms with E-state index in [1.807, 2.05) is 30.3 Å². The van der Waals surface area contributed by atoms with Gasteiger partial charge in [0.2, 0.25) is 5.91 Å². The molecule has 0 saturated carbocycles. The number of nitrogens with one attached hydrogen (secondary N) is 2. The van der Waals surface area contributed by atoms with E-state index in [0.29, 0.717) is 17.1 Å². The molecule has 0 unspecified atom stereocenters. The number of sulfonamides is 1. The summed E-state index contributed by atoms with van der Waals surface area (Å²) in [5, 5.41) is 3.44. The summed E-state index contributed by atoms with van der Waals surface area (Å²) in [5.74, 6) is -0.254. The van der Waals surface area contributed by atoms with Gasteiger partial charge in [-0.15, -0.1) is 0 Å². The van der Waals surface area contributed by atoms with E-state index < -0.39 is 10.0 Å². The van der Waals surface area contributed by atoms with Gasteiger partial charge in [0.15, 0.2) is 0 Å². The van der Waals surface area contributed by atoms with Gasteiger partial charge in [0.1, 0.15) is 0 Å². The van der Waals surface area contributed by atoms with Crippen LogP contribution >= 0.6 is 23.2 Å². The molecule has 0 spiro atoms. The molecule has 0 radical (unpaired) electrons. The third-order valence-corrected chi connectivity index (χ3v) is 6.06. The summed E-state index contributed by atoms with van der Waals surface area (Å²) in [6.07, 6.45) is 0.820. The Morgan fingerprint density at radius 2 is 1.59 bits per heavy atom. The highest BCUT2D eigenvalue weighted by Gasteiger charge is 2.17. The molecular weight excluding hydrogens is 431 g/mol.